The molecule has 0 aromatic heterocycles. The number of hydrogen-bond donors (Lipinski definition) is 0. The number of halogens is 3. The SMILES string of the molecule is [2H]C([2H])([2H])OC1(C(F)(F)F)CCN(C(=O)OC(C)(C)C)C1. The minimum Gasteiger partial charge on any atom is -0.444 e. The molecule has 0 saturated carbocycles. The van der Waals surface area contributed by atoms with Gasteiger partial charge in [0.05, 0.1) is 10.7 Å². The van der Waals surface area contributed by atoms with E-state index in [0.717, 1.165) is 4.90 Å². The molecule has 1 aliphatic rings. The highest BCUT2D eigenvalue weighted by atomic mass is 19.4. The fraction of sp³-hybridized carbons (Fsp3) is 0.909. The summed E-state index contributed by atoms with van der Waals surface area (Å²) in [5.41, 5.74) is -3.75. The second kappa shape index (κ2) is 4.60. The summed E-state index contributed by atoms with van der Waals surface area (Å²) in [4.78, 5) is 12.6. The van der Waals surface area contributed by atoms with Gasteiger partial charge in [0, 0.05) is 20.0 Å². The van der Waals surface area contributed by atoms with Crippen LogP contribution in [0.5, 0.6) is 0 Å². The Balaban J connectivity index is 2.90. The molecule has 0 aliphatic carbocycles. The number of nitrogens with zero attached hydrogens (tertiary/aromatic N) is 1. The summed E-state index contributed by atoms with van der Waals surface area (Å²) in [6, 6.07) is 0. The number of rotatable bonds is 1. The molecule has 0 spiro atoms. The molecular weight excluding hydrogens is 251 g/mol. The molecule has 0 N–H and O–H groups in total. The summed E-state index contributed by atoms with van der Waals surface area (Å²) in [6.07, 6.45) is -6.48. The fourth-order valence-electron chi connectivity index (χ4n) is 1.64. The standard InChI is InChI=1S/C11H18F3NO3/c1-9(2,3)18-8(16)15-6-5-10(7-15,17-4)11(12,13)14/h5-7H2,1-4H3/i4D3. The summed E-state index contributed by atoms with van der Waals surface area (Å²) in [6.45, 7) is 3.55. The van der Waals surface area contributed by atoms with Gasteiger partial charge in [0.15, 0.2) is 5.60 Å². The number of methoxy groups -OCH3 is 1. The van der Waals surface area contributed by atoms with Gasteiger partial charge in [-0.2, -0.15) is 13.2 Å². The van der Waals surface area contributed by atoms with Crippen LogP contribution in [0.1, 0.15) is 31.3 Å². The van der Waals surface area contributed by atoms with E-state index < -0.39 is 43.5 Å². The van der Waals surface area contributed by atoms with Crippen molar-refractivity contribution in [1.29, 1.82) is 0 Å². The second-order valence-corrected chi connectivity index (χ2v) is 5.25. The van der Waals surface area contributed by atoms with Crippen LogP contribution < -0.4 is 0 Å². The molecule has 1 saturated heterocycles. The van der Waals surface area contributed by atoms with Gasteiger partial charge >= 0.3 is 12.3 Å². The van der Waals surface area contributed by atoms with Crippen LogP contribution in [0.3, 0.4) is 0 Å². The van der Waals surface area contributed by atoms with E-state index in [1.54, 1.807) is 20.8 Å². The Labute approximate surface area is 108 Å². The Morgan fingerprint density at radius 1 is 1.39 bits per heavy atom. The van der Waals surface area contributed by atoms with Crippen molar-refractivity contribution in [3.63, 3.8) is 0 Å². The maximum atomic E-state index is 13.2. The molecule has 0 aromatic carbocycles. The summed E-state index contributed by atoms with van der Waals surface area (Å²) in [5.74, 6) is 0. The smallest absolute Gasteiger partial charge is 0.419 e. The molecule has 0 bridgehead atoms. The van der Waals surface area contributed by atoms with Crippen LogP contribution in [0.4, 0.5) is 18.0 Å². The molecule has 18 heavy (non-hydrogen) atoms. The fourth-order valence-corrected chi connectivity index (χ4v) is 1.64. The van der Waals surface area contributed by atoms with E-state index in [1.165, 1.54) is 0 Å². The highest BCUT2D eigenvalue weighted by Gasteiger charge is 2.59. The topological polar surface area (TPSA) is 38.8 Å². The van der Waals surface area contributed by atoms with E-state index in [1.807, 2.05) is 0 Å². The third-order valence-electron chi connectivity index (χ3n) is 2.60. The minimum atomic E-state index is -4.90. The lowest BCUT2D eigenvalue weighted by Crippen LogP contribution is -2.50. The molecule has 1 atom stereocenters. The average molecular weight is 272 g/mol. The Kier molecular flexibility index (Phi) is 2.79. The molecule has 1 heterocycles. The van der Waals surface area contributed by atoms with Gasteiger partial charge in [-0.25, -0.2) is 4.79 Å². The quantitative estimate of drug-likeness (QED) is 0.736. The lowest BCUT2D eigenvalue weighted by molar-refractivity contribution is -0.263. The van der Waals surface area contributed by atoms with E-state index in [2.05, 4.69) is 4.74 Å². The predicted octanol–water partition coefficient (Wildman–Crippen LogP) is 2.57. The van der Waals surface area contributed by atoms with Crippen LogP contribution in [-0.2, 0) is 9.47 Å². The van der Waals surface area contributed by atoms with Crippen molar-refractivity contribution in [2.75, 3.05) is 20.1 Å². The van der Waals surface area contributed by atoms with Crippen LogP contribution >= 0.6 is 0 Å². The number of ether oxygens (including phenoxy) is 2. The molecule has 1 rings (SSSR count). The number of hydrogen-bond acceptors (Lipinski definition) is 3. The van der Waals surface area contributed by atoms with Crippen LogP contribution in [0.2, 0.25) is 0 Å². The van der Waals surface area contributed by atoms with Gasteiger partial charge in [-0.3, -0.25) is 0 Å². The zero-order valence-electron chi connectivity index (χ0n) is 13.4. The van der Waals surface area contributed by atoms with E-state index >= 15 is 0 Å². The maximum absolute atomic E-state index is 13.2. The van der Waals surface area contributed by atoms with Crippen molar-refractivity contribution in [3.05, 3.63) is 0 Å². The average Bonchev–Trinajstić information content (AvgIpc) is 2.56. The van der Waals surface area contributed by atoms with Gasteiger partial charge in [0.25, 0.3) is 0 Å². The lowest BCUT2D eigenvalue weighted by atomic mass is 10.0. The number of carbonyl (C=O) groups is 1. The van der Waals surface area contributed by atoms with E-state index in [-0.39, 0.29) is 6.54 Å². The molecule has 1 amide bonds. The first-order valence-corrected chi connectivity index (χ1v) is 5.40. The van der Waals surface area contributed by atoms with E-state index in [9.17, 15) is 18.0 Å². The largest absolute Gasteiger partial charge is 0.444 e. The Hall–Kier alpha value is -0.980. The van der Waals surface area contributed by atoms with Gasteiger partial charge in [-0.05, 0) is 20.8 Å². The van der Waals surface area contributed by atoms with Crippen molar-refractivity contribution in [3.8, 4) is 0 Å². The van der Waals surface area contributed by atoms with Crippen LogP contribution in [0, 0.1) is 0 Å². The van der Waals surface area contributed by atoms with Crippen LogP contribution in [0.25, 0.3) is 0 Å². The number of carbonyl (C=O) groups excluding carboxylic acids is 1. The van der Waals surface area contributed by atoms with Crippen molar-refractivity contribution >= 4 is 6.09 Å². The third-order valence-corrected chi connectivity index (χ3v) is 2.60. The van der Waals surface area contributed by atoms with Crippen LogP contribution in [0.15, 0.2) is 0 Å². The van der Waals surface area contributed by atoms with E-state index in [0.29, 0.717) is 0 Å². The van der Waals surface area contributed by atoms with E-state index in [4.69, 9.17) is 8.85 Å². The summed E-state index contributed by atoms with van der Waals surface area (Å²) >= 11 is 0. The van der Waals surface area contributed by atoms with Gasteiger partial charge < -0.3 is 14.4 Å². The first kappa shape index (κ1) is 10.9. The monoisotopic (exact) mass is 272 g/mol. The zero-order chi connectivity index (χ0) is 16.7. The molecule has 106 valence electrons. The Morgan fingerprint density at radius 3 is 2.44 bits per heavy atom. The highest BCUT2D eigenvalue weighted by Crippen LogP contribution is 2.40. The molecule has 7 heteroatoms. The predicted molar refractivity (Wildman–Crippen MR) is 58.2 cm³/mol. The van der Waals surface area contributed by atoms with Crippen molar-refractivity contribution in [2.24, 2.45) is 0 Å². The van der Waals surface area contributed by atoms with Gasteiger partial charge in [-0.1, -0.05) is 0 Å². The molecule has 1 unspecified atom stereocenters. The van der Waals surface area contributed by atoms with Crippen molar-refractivity contribution in [1.82, 2.24) is 4.90 Å². The highest BCUT2D eigenvalue weighted by molar-refractivity contribution is 5.68. The first-order chi connectivity index (χ1) is 9.15. The second-order valence-electron chi connectivity index (χ2n) is 5.25. The molecule has 1 fully saturated rings. The van der Waals surface area contributed by atoms with Gasteiger partial charge in [-0.15, -0.1) is 0 Å². The number of alkyl halides is 3. The van der Waals surface area contributed by atoms with Crippen LogP contribution in [-0.4, -0.2) is 48.5 Å². The van der Waals surface area contributed by atoms with Gasteiger partial charge in [0.1, 0.15) is 5.60 Å². The van der Waals surface area contributed by atoms with Crippen molar-refractivity contribution < 1.29 is 31.6 Å². The number of amides is 1. The summed E-state index contributed by atoms with van der Waals surface area (Å²) in [7, 11) is -3.21. The molecule has 0 radical (unpaired) electrons. The van der Waals surface area contributed by atoms with Crippen molar-refractivity contribution in [2.45, 2.75) is 44.6 Å². The molecule has 1 aliphatic heterocycles. The first-order valence-electron chi connectivity index (χ1n) is 6.90. The molecular formula is C11H18F3NO3. The minimum absolute atomic E-state index is 0.287. The third kappa shape index (κ3) is 3.07. The Bertz CT molecular complexity index is 406. The number of likely N-dealkylation sites (tertiary alicyclic amines) is 1. The Morgan fingerprint density at radius 2 is 2.00 bits per heavy atom. The molecule has 0 aromatic rings. The maximum Gasteiger partial charge on any atom is 0.419 e. The van der Waals surface area contributed by atoms with Gasteiger partial charge in [0.2, 0.25) is 0 Å². The lowest BCUT2D eigenvalue weighted by Gasteiger charge is -2.30. The molecule has 4 nitrogen and oxygen atoms in total. The summed E-state index contributed by atoms with van der Waals surface area (Å²) in [5, 5.41) is 0. The summed E-state index contributed by atoms with van der Waals surface area (Å²) < 4.78 is 69.5. The normalized spacial score (nSPS) is 28.6. The zero-order valence-corrected chi connectivity index (χ0v) is 10.4.